The van der Waals surface area contributed by atoms with Crippen molar-refractivity contribution in [1.82, 2.24) is 5.32 Å². The van der Waals surface area contributed by atoms with Crippen molar-refractivity contribution in [3.8, 4) is 11.5 Å². The molecule has 2 rings (SSSR count). The highest BCUT2D eigenvalue weighted by atomic mass is 79.9. The molecule has 2 nitrogen and oxygen atoms in total. The molecule has 0 aromatic heterocycles. The van der Waals surface area contributed by atoms with Crippen LogP contribution in [0.5, 0.6) is 11.5 Å². The zero-order chi connectivity index (χ0) is 15.4. The van der Waals surface area contributed by atoms with Crippen molar-refractivity contribution in [2.45, 2.75) is 26.4 Å². The number of ether oxygens (including phenoxy) is 1. The Labute approximate surface area is 147 Å². The zero-order valence-electron chi connectivity index (χ0n) is 11.8. The highest BCUT2D eigenvalue weighted by Gasteiger charge is 2.08. The lowest BCUT2D eigenvalue weighted by molar-refractivity contribution is 0.479. The lowest BCUT2D eigenvalue weighted by Crippen LogP contribution is -2.21. The SMILES string of the molecule is CC(C)NCc1ccc(Oc2ccc(Br)cc2Cl)c(Br)c1. The highest BCUT2D eigenvalue weighted by molar-refractivity contribution is 9.10. The van der Waals surface area contributed by atoms with Gasteiger partial charge in [0.05, 0.1) is 9.50 Å². The van der Waals surface area contributed by atoms with Gasteiger partial charge in [-0.1, -0.05) is 47.4 Å². The Kier molecular flexibility index (Phi) is 6.11. The van der Waals surface area contributed by atoms with Gasteiger partial charge in [0, 0.05) is 17.1 Å². The maximum atomic E-state index is 6.17. The summed E-state index contributed by atoms with van der Waals surface area (Å²) in [6.07, 6.45) is 0. The Balaban J connectivity index is 2.13. The molecule has 1 N–H and O–H groups in total. The number of hydrogen-bond donors (Lipinski definition) is 1. The van der Waals surface area contributed by atoms with Gasteiger partial charge in [-0.15, -0.1) is 0 Å². The molecule has 0 saturated carbocycles. The fraction of sp³-hybridized carbons (Fsp3) is 0.250. The highest BCUT2D eigenvalue weighted by Crippen LogP contribution is 2.35. The first-order valence-corrected chi connectivity index (χ1v) is 8.57. The Bertz CT molecular complexity index is 632. The molecular weight excluding hydrogens is 417 g/mol. The van der Waals surface area contributed by atoms with Crippen LogP contribution in [0, 0.1) is 0 Å². The third-order valence-corrected chi connectivity index (χ3v) is 4.23. The topological polar surface area (TPSA) is 21.3 Å². The Morgan fingerprint density at radius 3 is 2.43 bits per heavy atom. The lowest BCUT2D eigenvalue weighted by Gasteiger charge is -2.12. The third kappa shape index (κ3) is 4.99. The summed E-state index contributed by atoms with van der Waals surface area (Å²) in [6, 6.07) is 12.1. The van der Waals surface area contributed by atoms with Crippen LogP contribution in [-0.2, 0) is 6.54 Å². The fourth-order valence-corrected chi connectivity index (χ4v) is 2.95. The molecular formula is C16H16Br2ClNO. The van der Waals surface area contributed by atoms with Gasteiger partial charge in [-0.25, -0.2) is 0 Å². The predicted molar refractivity (Wildman–Crippen MR) is 95.3 cm³/mol. The standard InChI is InChI=1S/C16H16Br2ClNO/c1-10(2)20-9-11-3-5-15(13(18)7-11)21-16-6-4-12(17)8-14(16)19/h3-8,10,20H,9H2,1-2H3. The van der Waals surface area contributed by atoms with E-state index < -0.39 is 0 Å². The smallest absolute Gasteiger partial charge is 0.146 e. The average molecular weight is 434 g/mol. The first kappa shape index (κ1) is 16.8. The monoisotopic (exact) mass is 431 g/mol. The van der Waals surface area contributed by atoms with E-state index in [1.165, 1.54) is 5.56 Å². The van der Waals surface area contributed by atoms with E-state index in [0.29, 0.717) is 16.8 Å². The van der Waals surface area contributed by atoms with Crippen LogP contribution in [0.15, 0.2) is 45.3 Å². The van der Waals surface area contributed by atoms with Gasteiger partial charge in [-0.3, -0.25) is 0 Å². The maximum Gasteiger partial charge on any atom is 0.146 e. The van der Waals surface area contributed by atoms with Crippen LogP contribution in [0.2, 0.25) is 5.02 Å². The second-order valence-electron chi connectivity index (χ2n) is 4.98. The molecule has 112 valence electrons. The molecule has 0 aliphatic carbocycles. The van der Waals surface area contributed by atoms with Crippen LogP contribution in [0.4, 0.5) is 0 Å². The largest absolute Gasteiger partial charge is 0.455 e. The molecule has 0 atom stereocenters. The van der Waals surface area contributed by atoms with E-state index in [2.05, 4.69) is 57.1 Å². The van der Waals surface area contributed by atoms with Crippen molar-refractivity contribution in [1.29, 1.82) is 0 Å². The van der Waals surface area contributed by atoms with Crippen LogP contribution in [0.3, 0.4) is 0 Å². The summed E-state index contributed by atoms with van der Waals surface area (Å²) in [7, 11) is 0. The molecule has 0 spiro atoms. The summed E-state index contributed by atoms with van der Waals surface area (Å²) in [5.41, 5.74) is 1.20. The van der Waals surface area contributed by atoms with E-state index in [4.69, 9.17) is 16.3 Å². The first-order valence-electron chi connectivity index (χ1n) is 6.60. The fourth-order valence-electron chi connectivity index (χ4n) is 1.74. The van der Waals surface area contributed by atoms with Crippen molar-refractivity contribution < 1.29 is 4.74 Å². The molecule has 0 aliphatic heterocycles. The molecule has 0 amide bonds. The number of halogens is 3. The maximum absolute atomic E-state index is 6.17. The Morgan fingerprint density at radius 1 is 1.10 bits per heavy atom. The number of benzene rings is 2. The van der Waals surface area contributed by atoms with Crippen molar-refractivity contribution in [2.75, 3.05) is 0 Å². The average Bonchev–Trinajstić information content (AvgIpc) is 2.42. The normalized spacial score (nSPS) is 11.0. The van der Waals surface area contributed by atoms with E-state index in [9.17, 15) is 0 Å². The molecule has 2 aromatic rings. The second-order valence-corrected chi connectivity index (χ2v) is 7.15. The van der Waals surface area contributed by atoms with Gasteiger partial charge in [0.15, 0.2) is 0 Å². The minimum atomic E-state index is 0.460. The van der Waals surface area contributed by atoms with Gasteiger partial charge < -0.3 is 10.1 Å². The molecule has 21 heavy (non-hydrogen) atoms. The minimum absolute atomic E-state index is 0.460. The number of hydrogen-bond acceptors (Lipinski definition) is 2. The van der Waals surface area contributed by atoms with E-state index in [1.807, 2.05) is 30.3 Å². The molecule has 0 aliphatic rings. The summed E-state index contributed by atoms with van der Waals surface area (Å²) in [5.74, 6) is 1.38. The van der Waals surface area contributed by atoms with Crippen LogP contribution < -0.4 is 10.1 Å². The summed E-state index contributed by atoms with van der Waals surface area (Å²) in [5, 5.41) is 3.96. The summed E-state index contributed by atoms with van der Waals surface area (Å²) < 4.78 is 7.69. The lowest BCUT2D eigenvalue weighted by atomic mass is 10.2. The molecule has 0 radical (unpaired) electrons. The third-order valence-electron chi connectivity index (χ3n) is 2.82. The summed E-state index contributed by atoms with van der Waals surface area (Å²) in [6.45, 7) is 5.08. The first-order chi connectivity index (χ1) is 9.95. The van der Waals surface area contributed by atoms with Gasteiger partial charge >= 0.3 is 0 Å². The van der Waals surface area contributed by atoms with Crippen LogP contribution in [0.25, 0.3) is 0 Å². The van der Waals surface area contributed by atoms with Crippen molar-refractivity contribution in [2.24, 2.45) is 0 Å². The molecule has 5 heteroatoms. The molecule has 0 unspecified atom stereocenters. The molecule has 0 saturated heterocycles. The van der Waals surface area contributed by atoms with E-state index in [1.54, 1.807) is 0 Å². The van der Waals surface area contributed by atoms with E-state index in [0.717, 1.165) is 21.2 Å². The van der Waals surface area contributed by atoms with Crippen molar-refractivity contribution >= 4 is 43.5 Å². The molecule has 2 aromatic carbocycles. The predicted octanol–water partition coefficient (Wildman–Crippen LogP) is 6.16. The van der Waals surface area contributed by atoms with Gasteiger partial charge in [0.1, 0.15) is 11.5 Å². The van der Waals surface area contributed by atoms with Gasteiger partial charge in [0.2, 0.25) is 0 Å². The summed E-state index contributed by atoms with van der Waals surface area (Å²) >= 11 is 13.1. The van der Waals surface area contributed by atoms with Crippen LogP contribution in [0.1, 0.15) is 19.4 Å². The van der Waals surface area contributed by atoms with Gasteiger partial charge in [0.25, 0.3) is 0 Å². The second kappa shape index (κ2) is 7.63. The van der Waals surface area contributed by atoms with Crippen molar-refractivity contribution in [3.05, 3.63) is 55.9 Å². The van der Waals surface area contributed by atoms with E-state index in [-0.39, 0.29) is 0 Å². The summed E-state index contributed by atoms with van der Waals surface area (Å²) in [4.78, 5) is 0. The zero-order valence-corrected chi connectivity index (χ0v) is 15.7. The molecule has 0 bridgehead atoms. The number of nitrogens with one attached hydrogen (secondary N) is 1. The Hall–Kier alpha value is -0.550. The van der Waals surface area contributed by atoms with Crippen LogP contribution in [-0.4, -0.2) is 6.04 Å². The quantitative estimate of drug-likeness (QED) is 0.610. The van der Waals surface area contributed by atoms with Gasteiger partial charge in [-0.2, -0.15) is 0 Å². The van der Waals surface area contributed by atoms with E-state index >= 15 is 0 Å². The van der Waals surface area contributed by atoms with Gasteiger partial charge in [-0.05, 0) is 51.8 Å². The minimum Gasteiger partial charge on any atom is -0.455 e. The Morgan fingerprint density at radius 2 is 1.81 bits per heavy atom. The van der Waals surface area contributed by atoms with Crippen LogP contribution >= 0.6 is 43.5 Å². The van der Waals surface area contributed by atoms with Crippen molar-refractivity contribution in [3.63, 3.8) is 0 Å². The molecule has 0 heterocycles. The number of rotatable bonds is 5. The molecule has 0 fully saturated rings.